The van der Waals surface area contributed by atoms with Gasteiger partial charge >= 0.3 is 0 Å². The van der Waals surface area contributed by atoms with E-state index in [1.54, 1.807) is 47.4 Å². The average molecular weight is 483 g/mol. The van der Waals surface area contributed by atoms with Gasteiger partial charge in [-0.2, -0.15) is 5.10 Å². The van der Waals surface area contributed by atoms with Crippen LogP contribution >= 0.6 is 11.6 Å². The number of nitrogens with one attached hydrogen (secondary N) is 2. The number of hydrogen-bond acceptors (Lipinski definition) is 7. The van der Waals surface area contributed by atoms with Crippen LogP contribution < -0.4 is 20.1 Å². The standard InChI is InChI=1S/C23H23ClN6O4/c24-16-1-3-19(30-13-25-12-26-30)18(9-16)28-22(31)11-29-7-5-15(6-8-29)23(32)27-17-2-4-20-21(10-17)34-14-33-20/h1-4,9-10,12-13,15H,5-8,11,14H2,(H,27,32)(H,28,31). The number of amides is 2. The first-order valence-electron chi connectivity index (χ1n) is 10.9. The minimum atomic E-state index is -0.160. The Morgan fingerprint density at radius 2 is 1.88 bits per heavy atom. The summed E-state index contributed by atoms with van der Waals surface area (Å²) in [6.07, 6.45) is 4.32. The summed E-state index contributed by atoms with van der Waals surface area (Å²) in [7, 11) is 0. The molecule has 2 N–H and O–H groups in total. The van der Waals surface area contributed by atoms with E-state index in [4.69, 9.17) is 21.1 Å². The Labute approximate surface area is 200 Å². The number of benzene rings is 2. The summed E-state index contributed by atoms with van der Waals surface area (Å²) in [6.45, 7) is 1.72. The van der Waals surface area contributed by atoms with Gasteiger partial charge in [-0.05, 0) is 56.3 Å². The van der Waals surface area contributed by atoms with Crippen LogP contribution in [-0.2, 0) is 9.59 Å². The number of piperidine rings is 1. The maximum absolute atomic E-state index is 12.7. The minimum Gasteiger partial charge on any atom is -0.454 e. The van der Waals surface area contributed by atoms with Gasteiger partial charge in [0, 0.05) is 22.7 Å². The molecule has 0 spiro atoms. The fourth-order valence-electron chi connectivity index (χ4n) is 4.11. The van der Waals surface area contributed by atoms with Gasteiger partial charge < -0.3 is 20.1 Å². The molecule has 1 aromatic heterocycles. The van der Waals surface area contributed by atoms with Gasteiger partial charge in [-0.3, -0.25) is 14.5 Å². The van der Waals surface area contributed by atoms with Crippen LogP contribution in [0.3, 0.4) is 0 Å². The lowest BCUT2D eigenvalue weighted by atomic mass is 9.95. The van der Waals surface area contributed by atoms with Crippen LogP contribution in [0.4, 0.5) is 11.4 Å². The number of rotatable bonds is 6. The van der Waals surface area contributed by atoms with Gasteiger partial charge in [0.2, 0.25) is 18.6 Å². The number of halogens is 1. The number of carbonyl (C=O) groups excluding carboxylic acids is 2. The third kappa shape index (κ3) is 4.97. The van der Waals surface area contributed by atoms with E-state index < -0.39 is 0 Å². The van der Waals surface area contributed by atoms with Crippen LogP contribution in [-0.4, -0.2) is 57.9 Å². The van der Waals surface area contributed by atoms with Gasteiger partial charge in [0.25, 0.3) is 0 Å². The summed E-state index contributed by atoms with van der Waals surface area (Å²) in [5.74, 6) is 1.00. The average Bonchev–Trinajstić information content (AvgIpc) is 3.51. The minimum absolute atomic E-state index is 0.0284. The van der Waals surface area contributed by atoms with Crippen molar-refractivity contribution < 1.29 is 19.1 Å². The highest BCUT2D eigenvalue weighted by Crippen LogP contribution is 2.34. The summed E-state index contributed by atoms with van der Waals surface area (Å²) < 4.78 is 12.2. The number of anilines is 2. The van der Waals surface area contributed by atoms with E-state index in [0.29, 0.717) is 59.5 Å². The fourth-order valence-corrected chi connectivity index (χ4v) is 4.28. The van der Waals surface area contributed by atoms with Crippen molar-refractivity contribution in [3.63, 3.8) is 0 Å². The van der Waals surface area contributed by atoms with Crippen molar-refractivity contribution in [2.45, 2.75) is 12.8 Å². The lowest BCUT2D eigenvalue weighted by Gasteiger charge is -2.30. The molecule has 1 saturated heterocycles. The van der Waals surface area contributed by atoms with Crippen molar-refractivity contribution in [3.8, 4) is 17.2 Å². The number of aromatic nitrogens is 3. The maximum atomic E-state index is 12.7. The van der Waals surface area contributed by atoms with Crippen LogP contribution in [0, 0.1) is 5.92 Å². The van der Waals surface area contributed by atoms with Gasteiger partial charge in [0.1, 0.15) is 12.7 Å². The lowest BCUT2D eigenvalue weighted by molar-refractivity contribution is -0.121. The van der Waals surface area contributed by atoms with Gasteiger partial charge in [0.05, 0.1) is 17.9 Å². The van der Waals surface area contributed by atoms with Gasteiger partial charge in [-0.1, -0.05) is 11.6 Å². The second-order valence-corrected chi connectivity index (χ2v) is 8.59. The Morgan fingerprint density at radius 1 is 1.06 bits per heavy atom. The molecule has 5 rings (SSSR count). The number of carbonyl (C=O) groups is 2. The van der Waals surface area contributed by atoms with Crippen LogP contribution in [0.15, 0.2) is 49.1 Å². The molecule has 34 heavy (non-hydrogen) atoms. The van der Waals surface area contributed by atoms with Crippen molar-refractivity contribution >= 4 is 34.8 Å². The van der Waals surface area contributed by atoms with Crippen LogP contribution in [0.5, 0.6) is 11.5 Å². The van der Waals surface area contributed by atoms with E-state index in [0.717, 1.165) is 0 Å². The molecule has 3 aromatic rings. The van der Waals surface area contributed by atoms with Crippen molar-refractivity contribution in [2.24, 2.45) is 5.92 Å². The van der Waals surface area contributed by atoms with Gasteiger partial charge in [-0.15, -0.1) is 0 Å². The van der Waals surface area contributed by atoms with E-state index in [1.807, 2.05) is 4.90 Å². The number of likely N-dealkylation sites (tertiary alicyclic amines) is 1. The Balaban J connectivity index is 1.13. The molecule has 0 unspecified atom stereocenters. The quantitative estimate of drug-likeness (QED) is 0.555. The molecule has 0 radical (unpaired) electrons. The summed E-state index contributed by atoms with van der Waals surface area (Å²) >= 11 is 6.13. The van der Waals surface area contributed by atoms with Crippen LogP contribution in [0.2, 0.25) is 5.02 Å². The molecule has 0 atom stereocenters. The van der Waals surface area contributed by atoms with Gasteiger partial charge in [-0.25, -0.2) is 9.67 Å². The molecule has 11 heteroatoms. The molecule has 3 heterocycles. The van der Waals surface area contributed by atoms with Crippen molar-refractivity contribution in [2.75, 3.05) is 37.1 Å². The molecule has 0 aliphatic carbocycles. The Bertz CT molecular complexity index is 1190. The summed E-state index contributed by atoms with van der Waals surface area (Å²) in [6, 6.07) is 10.5. The third-order valence-electron chi connectivity index (χ3n) is 5.86. The summed E-state index contributed by atoms with van der Waals surface area (Å²) in [5.41, 5.74) is 1.91. The smallest absolute Gasteiger partial charge is 0.238 e. The lowest BCUT2D eigenvalue weighted by Crippen LogP contribution is -2.41. The van der Waals surface area contributed by atoms with Crippen LogP contribution in [0.25, 0.3) is 5.69 Å². The highest BCUT2D eigenvalue weighted by Gasteiger charge is 2.26. The highest BCUT2D eigenvalue weighted by molar-refractivity contribution is 6.31. The molecule has 2 aromatic carbocycles. The molecule has 0 bridgehead atoms. The predicted octanol–water partition coefficient (Wildman–Crippen LogP) is 2.94. The number of hydrogen-bond donors (Lipinski definition) is 2. The summed E-state index contributed by atoms with van der Waals surface area (Å²) in [5, 5.41) is 10.5. The SMILES string of the molecule is O=C(CN1CCC(C(=O)Nc2ccc3c(c2)OCO3)CC1)Nc1cc(Cl)ccc1-n1cncn1. The number of fused-ring (bicyclic) bond motifs is 1. The second kappa shape index (κ2) is 9.70. The van der Waals surface area contributed by atoms with Gasteiger partial charge in [0.15, 0.2) is 11.5 Å². The zero-order valence-electron chi connectivity index (χ0n) is 18.2. The molecule has 10 nitrogen and oxygen atoms in total. The molecule has 2 aliphatic rings. The molecule has 2 aliphatic heterocycles. The maximum Gasteiger partial charge on any atom is 0.238 e. The van der Waals surface area contributed by atoms with E-state index in [9.17, 15) is 9.59 Å². The Kier molecular flexibility index (Phi) is 6.33. The molecular formula is C23H23ClN6O4. The largest absolute Gasteiger partial charge is 0.454 e. The molecule has 2 amide bonds. The Morgan fingerprint density at radius 3 is 2.68 bits per heavy atom. The van der Waals surface area contributed by atoms with E-state index >= 15 is 0 Å². The number of nitrogens with zero attached hydrogens (tertiary/aromatic N) is 4. The monoisotopic (exact) mass is 482 g/mol. The first-order chi connectivity index (χ1) is 16.5. The molecule has 1 fully saturated rings. The van der Waals surface area contributed by atoms with E-state index in [1.165, 1.54) is 6.33 Å². The molecular weight excluding hydrogens is 460 g/mol. The van der Waals surface area contributed by atoms with Crippen molar-refractivity contribution in [1.29, 1.82) is 0 Å². The normalized spacial score (nSPS) is 15.8. The zero-order valence-corrected chi connectivity index (χ0v) is 19.0. The fraction of sp³-hybridized carbons (Fsp3) is 0.304. The topological polar surface area (TPSA) is 111 Å². The highest BCUT2D eigenvalue weighted by atomic mass is 35.5. The summed E-state index contributed by atoms with van der Waals surface area (Å²) in [4.78, 5) is 31.4. The molecule has 0 saturated carbocycles. The van der Waals surface area contributed by atoms with Crippen molar-refractivity contribution in [1.82, 2.24) is 19.7 Å². The second-order valence-electron chi connectivity index (χ2n) is 8.16. The van der Waals surface area contributed by atoms with Crippen LogP contribution in [0.1, 0.15) is 12.8 Å². The zero-order chi connectivity index (χ0) is 23.5. The van der Waals surface area contributed by atoms with E-state index in [-0.39, 0.29) is 31.1 Å². The first kappa shape index (κ1) is 22.2. The predicted molar refractivity (Wildman–Crippen MR) is 125 cm³/mol. The third-order valence-corrected chi connectivity index (χ3v) is 6.10. The van der Waals surface area contributed by atoms with E-state index in [2.05, 4.69) is 20.7 Å². The number of ether oxygens (including phenoxy) is 2. The van der Waals surface area contributed by atoms with Crippen molar-refractivity contribution in [3.05, 3.63) is 54.1 Å². The first-order valence-corrected chi connectivity index (χ1v) is 11.3. The Hall–Kier alpha value is -3.63. The molecule has 176 valence electrons.